The highest BCUT2D eigenvalue weighted by molar-refractivity contribution is 5.96. The van der Waals surface area contributed by atoms with Crippen molar-refractivity contribution in [2.24, 2.45) is 5.73 Å². The van der Waals surface area contributed by atoms with Crippen LogP contribution in [-0.2, 0) is 9.59 Å². The molecule has 1 heterocycles. The lowest BCUT2D eigenvalue weighted by atomic mass is 10.0. The maximum absolute atomic E-state index is 12.6. The molecule has 1 atom stereocenters. The van der Waals surface area contributed by atoms with E-state index < -0.39 is 5.91 Å². The summed E-state index contributed by atoms with van der Waals surface area (Å²) >= 11 is 0. The monoisotopic (exact) mass is 381 g/mol. The molecule has 7 nitrogen and oxygen atoms in total. The van der Waals surface area contributed by atoms with Gasteiger partial charge in [0.1, 0.15) is 5.75 Å². The zero-order chi connectivity index (χ0) is 20.1. The van der Waals surface area contributed by atoms with Crippen molar-refractivity contribution in [3.05, 3.63) is 54.1 Å². The molecule has 2 aromatic rings. The number of likely N-dealkylation sites (N-methyl/N-ethyl adjacent to an activating group) is 1. The minimum atomic E-state index is -0.545. The number of nitrogens with one attached hydrogen (secondary N) is 1. The van der Waals surface area contributed by atoms with E-state index in [0.29, 0.717) is 30.8 Å². The third-order valence-electron chi connectivity index (χ3n) is 4.60. The number of amides is 3. The van der Waals surface area contributed by atoms with Crippen molar-refractivity contribution < 1.29 is 19.1 Å². The summed E-state index contributed by atoms with van der Waals surface area (Å²) in [6, 6.07) is 14.3. The van der Waals surface area contributed by atoms with E-state index in [0.717, 1.165) is 11.1 Å². The number of benzene rings is 2. The van der Waals surface area contributed by atoms with Crippen LogP contribution in [0.4, 0.5) is 0 Å². The standard InChI is InChI=1S/C21H23N3O4/c1-2-24-12-17(11-20(24)26)23-21(27)16-7-3-5-14(9-16)15-6-4-8-18(10-15)28-13-19(22)25/h3-10,17H,2,11-13H2,1H3,(H2,22,25)(H,23,27). The normalized spacial score (nSPS) is 16.1. The molecule has 0 spiro atoms. The van der Waals surface area contributed by atoms with Gasteiger partial charge in [-0.15, -0.1) is 0 Å². The Bertz CT molecular complexity index is 897. The summed E-state index contributed by atoms with van der Waals surface area (Å²) < 4.78 is 5.34. The van der Waals surface area contributed by atoms with Gasteiger partial charge in [-0.25, -0.2) is 0 Å². The lowest BCUT2D eigenvalue weighted by Crippen LogP contribution is -2.37. The van der Waals surface area contributed by atoms with Crippen LogP contribution in [0.2, 0.25) is 0 Å². The summed E-state index contributed by atoms with van der Waals surface area (Å²) in [5.74, 6) is -0.167. The molecule has 1 fully saturated rings. The number of carbonyl (C=O) groups excluding carboxylic acids is 3. The van der Waals surface area contributed by atoms with E-state index >= 15 is 0 Å². The van der Waals surface area contributed by atoms with Crippen LogP contribution >= 0.6 is 0 Å². The van der Waals surface area contributed by atoms with Gasteiger partial charge < -0.3 is 20.7 Å². The molecule has 3 N–H and O–H groups in total. The minimum absolute atomic E-state index is 0.0642. The lowest BCUT2D eigenvalue weighted by Gasteiger charge is -2.15. The highest BCUT2D eigenvalue weighted by Gasteiger charge is 2.29. The summed E-state index contributed by atoms with van der Waals surface area (Å²) in [4.78, 5) is 37.1. The number of carbonyl (C=O) groups is 3. The fourth-order valence-electron chi connectivity index (χ4n) is 3.20. The Balaban J connectivity index is 1.72. The molecule has 28 heavy (non-hydrogen) atoms. The van der Waals surface area contributed by atoms with Crippen molar-refractivity contribution in [2.45, 2.75) is 19.4 Å². The average Bonchev–Trinajstić information content (AvgIpc) is 3.05. The minimum Gasteiger partial charge on any atom is -0.484 e. The van der Waals surface area contributed by atoms with E-state index in [1.54, 1.807) is 35.2 Å². The molecule has 1 aliphatic heterocycles. The maximum atomic E-state index is 12.6. The highest BCUT2D eigenvalue weighted by Crippen LogP contribution is 2.25. The molecule has 0 aromatic heterocycles. The molecule has 0 bridgehead atoms. The second kappa shape index (κ2) is 8.56. The van der Waals surface area contributed by atoms with E-state index in [2.05, 4.69) is 5.32 Å². The summed E-state index contributed by atoms with van der Waals surface area (Å²) in [5, 5.41) is 2.94. The fraction of sp³-hybridized carbons (Fsp3) is 0.286. The molecule has 0 radical (unpaired) electrons. The molecule has 1 saturated heterocycles. The second-order valence-corrected chi connectivity index (χ2v) is 6.67. The molecular weight excluding hydrogens is 358 g/mol. The Morgan fingerprint density at radius 3 is 2.57 bits per heavy atom. The largest absolute Gasteiger partial charge is 0.484 e. The van der Waals surface area contributed by atoms with Crippen molar-refractivity contribution in [3.63, 3.8) is 0 Å². The first-order chi connectivity index (χ1) is 13.5. The number of hydrogen-bond acceptors (Lipinski definition) is 4. The molecule has 146 valence electrons. The number of nitrogens with zero attached hydrogens (tertiary/aromatic N) is 1. The van der Waals surface area contributed by atoms with Gasteiger partial charge in [-0.05, 0) is 42.3 Å². The number of ether oxygens (including phenoxy) is 1. The first-order valence-electron chi connectivity index (χ1n) is 9.16. The molecular formula is C21H23N3O4. The van der Waals surface area contributed by atoms with Gasteiger partial charge in [0.15, 0.2) is 6.61 Å². The van der Waals surface area contributed by atoms with E-state index in [1.807, 2.05) is 25.1 Å². The molecule has 0 saturated carbocycles. The smallest absolute Gasteiger partial charge is 0.255 e. The Kier molecular flexibility index (Phi) is 5.93. The van der Waals surface area contributed by atoms with Gasteiger partial charge in [-0.1, -0.05) is 24.3 Å². The van der Waals surface area contributed by atoms with Gasteiger partial charge >= 0.3 is 0 Å². The fourth-order valence-corrected chi connectivity index (χ4v) is 3.20. The number of likely N-dealkylation sites (tertiary alicyclic amines) is 1. The van der Waals surface area contributed by atoms with Crippen LogP contribution in [0.1, 0.15) is 23.7 Å². The molecule has 0 aliphatic carbocycles. The summed E-state index contributed by atoms with van der Waals surface area (Å²) in [5.41, 5.74) is 7.31. The third-order valence-corrected chi connectivity index (χ3v) is 4.60. The molecule has 1 aliphatic rings. The first-order valence-corrected chi connectivity index (χ1v) is 9.16. The zero-order valence-corrected chi connectivity index (χ0v) is 15.7. The van der Waals surface area contributed by atoms with Crippen molar-refractivity contribution in [1.82, 2.24) is 10.2 Å². The van der Waals surface area contributed by atoms with Gasteiger partial charge in [0.25, 0.3) is 11.8 Å². The first kappa shape index (κ1) is 19.4. The Morgan fingerprint density at radius 1 is 1.18 bits per heavy atom. The van der Waals surface area contributed by atoms with Gasteiger partial charge in [-0.3, -0.25) is 14.4 Å². The van der Waals surface area contributed by atoms with E-state index in [1.165, 1.54) is 0 Å². The number of nitrogens with two attached hydrogens (primary N) is 1. The topological polar surface area (TPSA) is 102 Å². The van der Waals surface area contributed by atoms with Crippen molar-refractivity contribution in [1.29, 1.82) is 0 Å². The molecule has 7 heteroatoms. The van der Waals surface area contributed by atoms with Gasteiger partial charge in [0.2, 0.25) is 5.91 Å². The van der Waals surface area contributed by atoms with Crippen LogP contribution in [-0.4, -0.2) is 48.4 Å². The zero-order valence-electron chi connectivity index (χ0n) is 15.7. The summed E-state index contributed by atoms with van der Waals surface area (Å²) in [6.07, 6.45) is 0.332. The van der Waals surface area contributed by atoms with Crippen LogP contribution in [0.15, 0.2) is 48.5 Å². The van der Waals surface area contributed by atoms with Crippen LogP contribution in [0.5, 0.6) is 5.75 Å². The van der Waals surface area contributed by atoms with Crippen LogP contribution in [0.3, 0.4) is 0 Å². The van der Waals surface area contributed by atoms with Gasteiger partial charge in [0, 0.05) is 25.1 Å². The molecule has 3 rings (SSSR count). The Labute approximate surface area is 163 Å². The Morgan fingerprint density at radius 2 is 1.89 bits per heavy atom. The van der Waals surface area contributed by atoms with Gasteiger partial charge in [-0.2, -0.15) is 0 Å². The van der Waals surface area contributed by atoms with Gasteiger partial charge in [0.05, 0.1) is 6.04 Å². The van der Waals surface area contributed by atoms with E-state index in [-0.39, 0.29) is 24.5 Å². The molecule has 1 unspecified atom stereocenters. The predicted molar refractivity (Wildman–Crippen MR) is 105 cm³/mol. The number of rotatable bonds is 7. The van der Waals surface area contributed by atoms with Crippen molar-refractivity contribution in [3.8, 4) is 16.9 Å². The van der Waals surface area contributed by atoms with Crippen molar-refractivity contribution in [2.75, 3.05) is 19.7 Å². The SMILES string of the molecule is CCN1CC(NC(=O)c2cccc(-c3cccc(OCC(N)=O)c3)c2)CC1=O. The predicted octanol–water partition coefficient (Wildman–Crippen LogP) is 1.57. The van der Waals surface area contributed by atoms with Crippen LogP contribution in [0.25, 0.3) is 11.1 Å². The Hall–Kier alpha value is -3.35. The second-order valence-electron chi connectivity index (χ2n) is 6.67. The average molecular weight is 381 g/mol. The van der Waals surface area contributed by atoms with Crippen molar-refractivity contribution >= 4 is 17.7 Å². The van der Waals surface area contributed by atoms with E-state index in [4.69, 9.17) is 10.5 Å². The third kappa shape index (κ3) is 4.68. The molecule has 3 amide bonds. The van der Waals surface area contributed by atoms with E-state index in [9.17, 15) is 14.4 Å². The number of primary amides is 1. The van der Waals surface area contributed by atoms with Crippen LogP contribution < -0.4 is 15.8 Å². The lowest BCUT2D eigenvalue weighted by molar-refractivity contribution is -0.127. The highest BCUT2D eigenvalue weighted by atomic mass is 16.5. The number of hydrogen-bond donors (Lipinski definition) is 2. The quantitative estimate of drug-likeness (QED) is 0.760. The molecule has 2 aromatic carbocycles. The summed E-state index contributed by atoms with van der Waals surface area (Å²) in [6.45, 7) is 2.92. The van der Waals surface area contributed by atoms with Crippen LogP contribution in [0, 0.1) is 0 Å². The maximum Gasteiger partial charge on any atom is 0.255 e. The summed E-state index contributed by atoms with van der Waals surface area (Å²) in [7, 11) is 0.